The van der Waals surface area contributed by atoms with Crippen LogP contribution >= 0.6 is 0 Å². The van der Waals surface area contributed by atoms with Gasteiger partial charge in [0.15, 0.2) is 0 Å². The highest BCUT2D eigenvalue weighted by molar-refractivity contribution is 5.76. The normalized spacial score (nSPS) is 16.3. The number of hydrogen-bond donors (Lipinski definition) is 2. The number of amides is 1. The summed E-state index contributed by atoms with van der Waals surface area (Å²) < 4.78 is 1.76. The molecular formula is C9H14N4O. The minimum atomic E-state index is 0.104. The lowest BCUT2D eigenvalue weighted by molar-refractivity contribution is -0.122. The second kappa shape index (κ2) is 4.23. The van der Waals surface area contributed by atoms with Crippen LogP contribution in [0.15, 0.2) is 18.5 Å². The van der Waals surface area contributed by atoms with Gasteiger partial charge in [-0.2, -0.15) is 5.10 Å². The Morgan fingerprint density at radius 3 is 3.07 bits per heavy atom. The van der Waals surface area contributed by atoms with Gasteiger partial charge < -0.3 is 10.6 Å². The van der Waals surface area contributed by atoms with Gasteiger partial charge in [-0.3, -0.25) is 9.48 Å². The topological polar surface area (TPSA) is 59.0 Å². The van der Waals surface area contributed by atoms with Crippen molar-refractivity contribution in [3.05, 3.63) is 18.5 Å². The van der Waals surface area contributed by atoms with E-state index in [4.69, 9.17) is 0 Å². The first kappa shape index (κ1) is 9.21. The number of aromatic nitrogens is 2. The molecule has 1 aromatic rings. The molecule has 0 atom stereocenters. The van der Waals surface area contributed by atoms with Crippen LogP contribution in [0, 0.1) is 0 Å². The molecule has 0 spiro atoms. The average molecular weight is 194 g/mol. The predicted molar refractivity (Wildman–Crippen MR) is 51.6 cm³/mol. The summed E-state index contributed by atoms with van der Waals surface area (Å²) >= 11 is 0. The molecule has 2 rings (SSSR count). The molecular weight excluding hydrogens is 180 g/mol. The van der Waals surface area contributed by atoms with Gasteiger partial charge in [0.1, 0.15) is 0 Å². The van der Waals surface area contributed by atoms with Crippen LogP contribution in [0.3, 0.4) is 0 Å². The number of carbonyl (C=O) groups is 1. The van der Waals surface area contributed by atoms with Gasteiger partial charge in [0.2, 0.25) is 5.91 Å². The fraction of sp³-hybridized carbons (Fsp3) is 0.556. The summed E-state index contributed by atoms with van der Waals surface area (Å²) in [5, 5.41) is 10.1. The van der Waals surface area contributed by atoms with Crippen molar-refractivity contribution in [1.82, 2.24) is 20.4 Å². The van der Waals surface area contributed by atoms with Crippen molar-refractivity contribution in [2.45, 2.75) is 19.0 Å². The molecule has 0 aromatic carbocycles. The lowest BCUT2D eigenvalue weighted by Gasteiger charge is -2.27. The molecule has 1 fully saturated rings. The van der Waals surface area contributed by atoms with Crippen molar-refractivity contribution >= 4 is 5.91 Å². The Hall–Kier alpha value is -1.36. The lowest BCUT2D eigenvalue weighted by atomic mass is 10.2. The summed E-state index contributed by atoms with van der Waals surface area (Å²) in [5.74, 6) is 0.104. The first-order chi connectivity index (χ1) is 6.84. The van der Waals surface area contributed by atoms with Crippen molar-refractivity contribution in [2.75, 3.05) is 13.1 Å². The largest absolute Gasteiger partial charge is 0.351 e. The second-order valence-corrected chi connectivity index (χ2v) is 3.44. The number of rotatable bonds is 4. The first-order valence-electron chi connectivity index (χ1n) is 4.82. The van der Waals surface area contributed by atoms with Crippen LogP contribution in [0.5, 0.6) is 0 Å². The molecule has 1 aliphatic rings. The van der Waals surface area contributed by atoms with Crippen LogP contribution < -0.4 is 10.6 Å². The monoisotopic (exact) mass is 194 g/mol. The van der Waals surface area contributed by atoms with Crippen LogP contribution in [0.2, 0.25) is 0 Å². The summed E-state index contributed by atoms with van der Waals surface area (Å²) in [5.41, 5.74) is 0. The van der Waals surface area contributed by atoms with Gasteiger partial charge >= 0.3 is 0 Å². The third kappa shape index (κ3) is 2.32. The Kier molecular flexibility index (Phi) is 2.78. The third-order valence-electron chi connectivity index (χ3n) is 2.27. The molecule has 0 saturated carbocycles. The maximum absolute atomic E-state index is 11.4. The molecule has 0 aliphatic carbocycles. The fourth-order valence-corrected chi connectivity index (χ4v) is 1.34. The number of hydrogen-bond acceptors (Lipinski definition) is 3. The van der Waals surface area contributed by atoms with E-state index >= 15 is 0 Å². The number of carbonyl (C=O) groups excluding carboxylic acids is 1. The molecule has 2 N–H and O–H groups in total. The summed E-state index contributed by atoms with van der Waals surface area (Å²) in [6.07, 6.45) is 4.07. The molecule has 1 saturated heterocycles. The van der Waals surface area contributed by atoms with E-state index in [2.05, 4.69) is 15.7 Å². The van der Waals surface area contributed by atoms with Crippen LogP contribution in [0.4, 0.5) is 0 Å². The zero-order chi connectivity index (χ0) is 9.80. The zero-order valence-corrected chi connectivity index (χ0v) is 7.94. The standard InChI is InChI=1S/C9H14N4O/c14-9(12-8-6-10-7-8)2-5-13-4-1-3-11-13/h1,3-4,8,10H,2,5-7H2,(H,12,14). The smallest absolute Gasteiger partial charge is 0.222 e. The number of nitrogens with one attached hydrogen (secondary N) is 2. The predicted octanol–water partition coefficient (Wildman–Crippen LogP) is -0.639. The molecule has 0 radical (unpaired) electrons. The third-order valence-corrected chi connectivity index (χ3v) is 2.27. The maximum atomic E-state index is 11.4. The minimum absolute atomic E-state index is 0.104. The highest BCUT2D eigenvalue weighted by Gasteiger charge is 2.18. The van der Waals surface area contributed by atoms with E-state index < -0.39 is 0 Å². The van der Waals surface area contributed by atoms with Gasteiger partial charge in [-0.25, -0.2) is 0 Å². The quantitative estimate of drug-likeness (QED) is 0.670. The molecule has 0 unspecified atom stereocenters. The van der Waals surface area contributed by atoms with Gasteiger partial charge in [0.25, 0.3) is 0 Å². The van der Waals surface area contributed by atoms with Gasteiger partial charge in [-0.15, -0.1) is 0 Å². The van der Waals surface area contributed by atoms with Gasteiger partial charge in [-0.05, 0) is 6.07 Å². The molecule has 5 nitrogen and oxygen atoms in total. The highest BCUT2D eigenvalue weighted by Crippen LogP contribution is 1.94. The van der Waals surface area contributed by atoms with E-state index in [1.807, 2.05) is 12.3 Å². The molecule has 2 heterocycles. The van der Waals surface area contributed by atoms with Crippen molar-refractivity contribution in [3.63, 3.8) is 0 Å². The van der Waals surface area contributed by atoms with E-state index in [0.29, 0.717) is 19.0 Å². The molecule has 76 valence electrons. The Morgan fingerprint density at radius 1 is 1.64 bits per heavy atom. The second-order valence-electron chi connectivity index (χ2n) is 3.44. The van der Waals surface area contributed by atoms with E-state index in [-0.39, 0.29) is 5.91 Å². The van der Waals surface area contributed by atoms with E-state index in [1.165, 1.54) is 0 Å². The molecule has 1 amide bonds. The van der Waals surface area contributed by atoms with E-state index in [0.717, 1.165) is 13.1 Å². The molecule has 1 aliphatic heterocycles. The number of aryl methyl sites for hydroxylation is 1. The molecule has 5 heteroatoms. The van der Waals surface area contributed by atoms with E-state index in [1.54, 1.807) is 10.9 Å². The summed E-state index contributed by atoms with van der Waals surface area (Å²) in [4.78, 5) is 11.4. The summed E-state index contributed by atoms with van der Waals surface area (Å²) in [7, 11) is 0. The maximum Gasteiger partial charge on any atom is 0.222 e. The van der Waals surface area contributed by atoms with Crippen LogP contribution in [-0.2, 0) is 11.3 Å². The van der Waals surface area contributed by atoms with E-state index in [9.17, 15) is 4.79 Å². The van der Waals surface area contributed by atoms with Crippen molar-refractivity contribution < 1.29 is 4.79 Å². The zero-order valence-electron chi connectivity index (χ0n) is 7.94. The Labute approximate surface area is 82.5 Å². The minimum Gasteiger partial charge on any atom is -0.351 e. The van der Waals surface area contributed by atoms with Crippen LogP contribution in [-0.4, -0.2) is 34.8 Å². The molecule has 0 bridgehead atoms. The Balaban J connectivity index is 1.67. The Morgan fingerprint density at radius 2 is 2.50 bits per heavy atom. The van der Waals surface area contributed by atoms with Crippen LogP contribution in [0.25, 0.3) is 0 Å². The van der Waals surface area contributed by atoms with Crippen molar-refractivity contribution in [1.29, 1.82) is 0 Å². The first-order valence-corrected chi connectivity index (χ1v) is 4.82. The SMILES string of the molecule is O=C(CCn1cccn1)NC1CNC1. The number of nitrogens with zero attached hydrogens (tertiary/aromatic N) is 2. The Bertz CT molecular complexity index is 292. The molecule has 1 aromatic heterocycles. The van der Waals surface area contributed by atoms with Gasteiger partial charge in [-0.1, -0.05) is 0 Å². The van der Waals surface area contributed by atoms with Gasteiger partial charge in [0, 0.05) is 38.4 Å². The van der Waals surface area contributed by atoms with Crippen molar-refractivity contribution in [3.8, 4) is 0 Å². The van der Waals surface area contributed by atoms with Crippen LogP contribution in [0.1, 0.15) is 6.42 Å². The lowest BCUT2D eigenvalue weighted by Crippen LogP contribution is -2.57. The fourth-order valence-electron chi connectivity index (χ4n) is 1.34. The van der Waals surface area contributed by atoms with Gasteiger partial charge in [0.05, 0.1) is 6.04 Å². The summed E-state index contributed by atoms with van der Waals surface area (Å²) in [6.45, 7) is 2.44. The molecule has 14 heavy (non-hydrogen) atoms. The highest BCUT2D eigenvalue weighted by atomic mass is 16.1. The average Bonchev–Trinajstić information content (AvgIpc) is 2.60. The van der Waals surface area contributed by atoms with Crippen molar-refractivity contribution in [2.24, 2.45) is 0 Å². The summed E-state index contributed by atoms with van der Waals surface area (Å²) in [6, 6.07) is 2.19.